The predicted molar refractivity (Wildman–Crippen MR) is 112 cm³/mol. The van der Waals surface area contributed by atoms with Crippen LogP contribution in [0.5, 0.6) is 0 Å². The standard InChI is InChI=1S/C20H31N5O.ClH/c1-19(2,3)15-9-14(10-16(11-15)20(4,5)6)12-25-13-17(23-24-25)18(26)22-8-7-21;/h9-11,13H,7-8,12,21H2,1-6H3,(H,22,26);1H. The minimum absolute atomic E-state index is 0. The largest absolute Gasteiger partial charge is 0.349 e. The Bertz CT molecular complexity index is 739. The summed E-state index contributed by atoms with van der Waals surface area (Å²) in [5.41, 5.74) is 9.57. The molecule has 1 aromatic carbocycles. The minimum Gasteiger partial charge on any atom is -0.349 e. The second kappa shape index (κ2) is 8.85. The summed E-state index contributed by atoms with van der Waals surface area (Å²) in [6.07, 6.45) is 1.67. The van der Waals surface area contributed by atoms with Crippen molar-refractivity contribution in [3.05, 3.63) is 46.8 Å². The highest BCUT2D eigenvalue weighted by Crippen LogP contribution is 2.30. The molecule has 0 aliphatic rings. The van der Waals surface area contributed by atoms with Crippen molar-refractivity contribution in [3.63, 3.8) is 0 Å². The molecule has 1 heterocycles. The van der Waals surface area contributed by atoms with Crippen LogP contribution in [0.1, 0.15) is 68.7 Å². The van der Waals surface area contributed by atoms with Gasteiger partial charge in [0.1, 0.15) is 0 Å². The third-order valence-electron chi connectivity index (χ3n) is 4.27. The van der Waals surface area contributed by atoms with Gasteiger partial charge in [-0.3, -0.25) is 4.79 Å². The van der Waals surface area contributed by atoms with E-state index in [4.69, 9.17) is 5.73 Å². The first-order valence-electron chi connectivity index (χ1n) is 9.04. The number of nitrogens with two attached hydrogens (primary N) is 1. The van der Waals surface area contributed by atoms with Gasteiger partial charge in [0.25, 0.3) is 5.91 Å². The molecular formula is C20H32ClN5O. The number of hydrogen-bond acceptors (Lipinski definition) is 4. The molecule has 150 valence electrons. The summed E-state index contributed by atoms with van der Waals surface area (Å²) in [4.78, 5) is 12.0. The topological polar surface area (TPSA) is 85.8 Å². The van der Waals surface area contributed by atoms with Gasteiger partial charge in [0.15, 0.2) is 5.69 Å². The molecule has 0 bridgehead atoms. The van der Waals surface area contributed by atoms with E-state index in [2.05, 4.69) is 75.4 Å². The Balaban J connectivity index is 0.00000364. The van der Waals surface area contributed by atoms with Gasteiger partial charge in [0.05, 0.1) is 12.7 Å². The quantitative estimate of drug-likeness (QED) is 0.817. The average Bonchev–Trinajstić information content (AvgIpc) is 2.99. The molecule has 0 fully saturated rings. The monoisotopic (exact) mass is 393 g/mol. The van der Waals surface area contributed by atoms with Crippen LogP contribution in [0.3, 0.4) is 0 Å². The Morgan fingerprint density at radius 1 is 1.07 bits per heavy atom. The fourth-order valence-corrected chi connectivity index (χ4v) is 2.59. The summed E-state index contributed by atoms with van der Waals surface area (Å²) in [6, 6.07) is 6.71. The normalized spacial score (nSPS) is 11.8. The molecule has 27 heavy (non-hydrogen) atoms. The summed E-state index contributed by atoms with van der Waals surface area (Å²) in [6.45, 7) is 14.7. The maximum absolute atomic E-state index is 12.0. The molecule has 0 aliphatic carbocycles. The molecule has 1 aromatic heterocycles. The number of nitrogens with zero attached hydrogens (tertiary/aromatic N) is 3. The number of carbonyl (C=O) groups is 1. The van der Waals surface area contributed by atoms with E-state index in [1.165, 1.54) is 11.1 Å². The Kier molecular flexibility index (Phi) is 7.57. The Morgan fingerprint density at radius 2 is 1.63 bits per heavy atom. The second-order valence-corrected chi connectivity index (χ2v) is 8.76. The first-order chi connectivity index (χ1) is 12.0. The molecule has 2 rings (SSSR count). The van der Waals surface area contributed by atoms with Crippen molar-refractivity contribution in [2.75, 3.05) is 13.1 Å². The van der Waals surface area contributed by atoms with Gasteiger partial charge in [-0.05, 0) is 27.5 Å². The predicted octanol–water partition coefficient (Wildman–Crippen LogP) is 3.03. The van der Waals surface area contributed by atoms with E-state index in [0.717, 1.165) is 5.56 Å². The van der Waals surface area contributed by atoms with Gasteiger partial charge in [-0.1, -0.05) is 65.0 Å². The van der Waals surface area contributed by atoms with Crippen LogP contribution in [0.15, 0.2) is 24.4 Å². The molecule has 2 aromatic rings. The highest BCUT2D eigenvalue weighted by molar-refractivity contribution is 5.91. The Hall–Kier alpha value is -1.92. The first-order valence-corrected chi connectivity index (χ1v) is 9.04. The van der Waals surface area contributed by atoms with Crippen molar-refractivity contribution in [2.24, 2.45) is 5.73 Å². The summed E-state index contributed by atoms with van der Waals surface area (Å²) < 4.78 is 1.70. The third-order valence-corrected chi connectivity index (χ3v) is 4.27. The van der Waals surface area contributed by atoms with Gasteiger partial charge >= 0.3 is 0 Å². The van der Waals surface area contributed by atoms with Crippen molar-refractivity contribution in [2.45, 2.75) is 58.9 Å². The molecule has 1 amide bonds. The molecule has 0 aliphatic heterocycles. The van der Waals surface area contributed by atoms with Crippen LogP contribution in [-0.2, 0) is 17.4 Å². The molecule has 6 nitrogen and oxygen atoms in total. The van der Waals surface area contributed by atoms with E-state index in [9.17, 15) is 4.79 Å². The second-order valence-electron chi connectivity index (χ2n) is 8.76. The summed E-state index contributed by atoms with van der Waals surface area (Å²) >= 11 is 0. The van der Waals surface area contributed by atoms with Crippen LogP contribution in [-0.4, -0.2) is 34.0 Å². The van der Waals surface area contributed by atoms with Crippen molar-refractivity contribution >= 4 is 18.3 Å². The zero-order valence-corrected chi connectivity index (χ0v) is 18.0. The van der Waals surface area contributed by atoms with Gasteiger partial charge in [0.2, 0.25) is 0 Å². The summed E-state index contributed by atoms with van der Waals surface area (Å²) in [5.74, 6) is -0.250. The lowest BCUT2D eigenvalue weighted by Crippen LogP contribution is -2.29. The number of nitrogens with one attached hydrogen (secondary N) is 1. The fourth-order valence-electron chi connectivity index (χ4n) is 2.59. The molecule has 0 saturated heterocycles. The van der Waals surface area contributed by atoms with Crippen LogP contribution in [0, 0.1) is 0 Å². The Labute approximate surface area is 168 Å². The van der Waals surface area contributed by atoms with E-state index < -0.39 is 0 Å². The number of carbonyl (C=O) groups excluding carboxylic acids is 1. The third kappa shape index (κ3) is 6.33. The van der Waals surface area contributed by atoms with E-state index in [0.29, 0.717) is 25.3 Å². The van der Waals surface area contributed by atoms with Crippen molar-refractivity contribution < 1.29 is 4.79 Å². The Morgan fingerprint density at radius 3 is 2.11 bits per heavy atom. The minimum atomic E-state index is -0.250. The van der Waals surface area contributed by atoms with Crippen molar-refractivity contribution in [1.29, 1.82) is 0 Å². The van der Waals surface area contributed by atoms with Crippen LogP contribution >= 0.6 is 12.4 Å². The van der Waals surface area contributed by atoms with Crippen LogP contribution in [0.4, 0.5) is 0 Å². The lowest BCUT2D eigenvalue weighted by molar-refractivity contribution is 0.0949. The number of aromatic nitrogens is 3. The highest BCUT2D eigenvalue weighted by atomic mass is 35.5. The average molecular weight is 394 g/mol. The van der Waals surface area contributed by atoms with Crippen LogP contribution in [0.2, 0.25) is 0 Å². The molecule has 0 atom stereocenters. The van der Waals surface area contributed by atoms with Gasteiger partial charge in [-0.15, -0.1) is 17.5 Å². The van der Waals surface area contributed by atoms with Crippen molar-refractivity contribution in [1.82, 2.24) is 20.3 Å². The molecule has 0 unspecified atom stereocenters. The van der Waals surface area contributed by atoms with E-state index in [-0.39, 0.29) is 29.1 Å². The lowest BCUT2D eigenvalue weighted by atomic mass is 9.79. The molecule has 0 radical (unpaired) electrons. The number of amides is 1. The fraction of sp³-hybridized carbons (Fsp3) is 0.550. The van der Waals surface area contributed by atoms with E-state index >= 15 is 0 Å². The van der Waals surface area contributed by atoms with Gasteiger partial charge in [-0.25, -0.2) is 4.68 Å². The van der Waals surface area contributed by atoms with Crippen molar-refractivity contribution in [3.8, 4) is 0 Å². The zero-order chi connectivity index (χ0) is 19.5. The molecule has 7 heteroatoms. The zero-order valence-electron chi connectivity index (χ0n) is 17.2. The molecular weight excluding hydrogens is 362 g/mol. The smallest absolute Gasteiger partial charge is 0.273 e. The maximum atomic E-state index is 12.0. The molecule has 0 spiro atoms. The summed E-state index contributed by atoms with van der Waals surface area (Å²) in [5, 5.41) is 10.8. The summed E-state index contributed by atoms with van der Waals surface area (Å²) in [7, 11) is 0. The van der Waals surface area contributed by atoms with Crippen LogP contribution in [0.25, 0.3) is 0 Å². The number of halogens is 1. The number of hydrogen-bond donors (Lipinski definition) is 2. The number of benzene rings is 1. The van der Waals surface area contributed by atoms with Gasteiger partial charge < -0.3 is 11.1 Å². The van der Waals surface area contributed by atoms with E-state index in [1.54, 1.807) is 10.9 Å². The van der Waals surface area contributed by atoms with E-state index in [1.807, 2.05) is 0 Å². The van der Waals surface area contributed by atoms with Gasteiger partial charge in [-0.2, -0.15) is 0 Å². The highest BCUT2D eigenvalue weighted by Gasteiger charge is 2.21. The maximum Gasteiger partial charge on any atom is 0.273 e. The van der Waals surface area contributed by atoms with Crippen LogP contribution < -0.4 is 11.1 Å². The SMILES string of the molecule is CC(C)(C)c1cc(Cn2cc(C(=O)NCCN)nn2)cc(C(C)(C)C)c1.Cl. The molecule has 3 N–H and O–H groups in total. The first kappa shape index (κ1) is 23.1. The number of rotatable bonds is 5. The lowest BCUT2D eigenvalue weighted by Gasteiger charge is -2.26. The molecule has 0 saturated carbocycles. The van der Waals surface area contributed by atoms with Gasteiger partial charge in [0, 0.05) is 13.1 Å².